The van der Waals surface area contributed by atoms with Gasteiger partial charge in [-0.25, -0.2) is 0 Å². The summed E-state index contributed by atoms with van der Waals surface area (Å²) in [5, 5.41) is 0. The van der Waals surface area contributed by atoms with E-state index in [4.69, 9.17) is 4.74 Å². The quantitative estimate of drug-likeness (QED) is 0.727. The summed E-state index contributed by atoms with van der Waals surface area (Å²) in [6.45, 7) is 9.45. The first-order chi connectivity index (χ1) is 14.0. The molecule has 2 saturated heterocycles. The average Bonchev–Trinajstić information content (AvgIpc) is 3.01. The van der Waals surface area contributed by atoms with Crippen molar-refractivity contribution >= 4 is 11.7 Å². The fourth-order valence-corrected chi connectivity index (χ4v) is 5.94. The van der Waals surface area contributed by atoms with Crippen molar-refractivity contribution in [3.05, 3.63) is 53.6 Å². The van der Waals surface area contributed by atoms with Crippen molar-refractivity contribution in [1.82, 2.24) is 4.90 Å². The Kier molecular flexibility index (Phi) is 4.78. The Hall–Kier alpha value is -2.07. The van der Waals surface area contributed by atoms with E-state index in [2.05, 4.69) is 66.1 Å². The Labute approximate surface area is 174 Å². The molecule has 0 amide bonds. The van der Waals surface area contributed by atoms with Crippen LogP contribution in [0, 0.1) is 17.3 Å². The lowest BCUT2D eigenvalue weighted by atomic mass is 9.62. The number of carbonyl (C=O) groups is 1. The second kappa shape index (κ2) is 7.32. The lowest BCUT2D eigenvalue weighted by Crippen LogP contribution is -2.49. The lowest BCUT2D eigenvalue weighted by molar-refractivity contribution is -0.145. The monoisotopic (exact) mass is 392 g/mol. The van der Waals surface area contributed by atoms with Crippen LogP contribution in [0.4, 0.5) is 5.69 Å². The van der Waals surface area contributed by atoms with Crippen LogP contribution in [0.5, 0.6) is 0 Å². The third-order valence-electron chi connectivity index (χ3n) is 7.65. The van der Waals surface area contributed by atoms with Crippen LogP contribution in [0.1, 0.15) is 33.1 Å². The molecule has 0 bridgehead atoms. The molecule has 4 heteroatoms. The molecule has 29 heavy (non-hydrogen) atoms. The number of ether oxygens (including phenoxy) is 1. The van der Waals surface area contributed by atoms with E-state index in [0.717, 1.165) is 45.6 Å². The summed E-state index contributed by atoms with van der Waals surface area (Å²) >= 11 is 0. The van der Waals surface area contributed by atoms with Gasteiger partial charge in [0.2, 0.25) is 0 Å². The van der Waals surface area contributed by atoms with Gasteiger partial charge in [-0.15, -0.1) is 0 Å². The number of allylic oxidation sites excluding steroid dienone is 3. The van der Waals surface area contributed by atoms with Crippen molar-refractivity contribution in [2.24, 2.45) is 17.3 Å². The van der Waals surface area contributed by atoms with E-state index in [1.54, 1.807) is 0 Å². The van der Waals surface area contributed by atoms with Crippen molar-refractivity contribution in [2.45, 2.75) is 39.2 Å². The van der Waals surface area contributed by atoms with Gasteiger partial charge in [-0.05, 0) is 49.3 Å². The Bertz CT molecular complexity index is 838. The molecule has 2 fully saturated rings. The van der Waals surface area contributed by atoms with Gasteiger partial charge in [0, 0.05) is 44.3 Å². The number of para-hydroxylation sites is 1. The van der Waals surface area contributed by atoms with Crippen LogP contribution in [0.15, 0.2) is 53.6 Å². The molecule has 1 aromatic rings. The molecular formula is C25H32N2O2. The molecule has 2 aliphatic carbocycles. The van der Waals surface area contributed by atoms with Crippen molar-refractivity contribution in [3.8, 4) is 0 Å². The number of carbonyl (C=O) groups excluding carboxylic acids is 1. The molecule has 0 aromatic heterocycles. The first-order valence-corrected chi connectivity index (χ1v) is 11.2. The molecule has 0 spiro atoms. The van der Waals surface area contributed by atoms with E-state index in [9.17, 15) is 4.79 Å². The summed E-state index contributed by atoms with van der Waals surface area (Å²) in [6.07, 6.45) is 8.14. The maximum absolute atomic E-state index is 12.8. The minimum absolute atomic E-state index is 0.0185. The zero-order valence-corrected chi connectivity index (χ0v) is 17.6. The van der Waals surface area contributed by atoms with Crippen LogP contribution >= 0.6 is 0 Å². The van der Waals surface area contributed by atoms with Gasteiger partial charge in [0.15, 0.2) is 0 Å². The number of hydrogen-bond donors (Lipinski definition) is 0. The molecule has 1 aromatic carbocycles. The minimum atomic E-state index is -0.0185. The molecule has 4 atom stereocenters. The second-order valence-corrected chi connectivity index (χ2v) is 9.55. The Morgan fingerprint density at radius 2 is 1.90 bits per heavy atom. The summed E-state index contributed by atoms with van der Waals surface area (Å²) in [6, 6.07) is 10.6. The first-order valence-electron chi connectivity index (χ1n) is 11.2. The molecule has 0 saturated carbocycles. The van der Waals surface area contributed by atoms with E-state index in [-0.39, 0.29) is 29.3 Å². The Morgan fingerprint density at radius 1 is 1.14 bits per heavy atom. The van der Waals surface area contributed by atoms with Crippen LogP contribution in [0.2, 0.25) is 0 Å². The standard InChI is InChI=1S/C25H32N2O2/c1-18-7-6-10-25(2)16-23-20(15-22(18)25)21(24(28)29-23)17-26-11-13-27(14-12-26)19-8-4-3-5-9-19/h3-5,7-9,15,20-21,23H,6,10-14,16-17H2,1-2H3. The van der Waals surface area contributed by atoms with Gasteiger partial charge in [0.05, 0.1) is 5.92 Å². The third-order valence-corrected chi connectivity index (χ3v) is 7.65. The fourth-order valence-electron chi connectivity index (χ4n) is 5.94. The zero-order chi connectivity index (χ0) is 20.0. The molecule has 5 rings (SSSR count). The highest BCUT2D eigenvalue weighted by atomic mass is 16.6. The van der Waals surface area contributed by atoms with Crippen LogP contribution < -0.4 is 4.90 Å². The number of hydrogen-bond acceptors (Lipinski definition) is 4. The van der Waals surface area contributed by atoms with Crippen molar-refractivity contribution in [3.63, 3.8) is 0 Å². The number of rotatable bonds is 3. The summed E-state index contributed by atoms with van der Waals surface area (Å²) in [4.78, 5) is 17.7. The van der Waals surface area contributed by atoms with Crippen LogP contribution in [-0.2, 0) is 9.53 Å². The summed E-state index contributed by atoms with van der Waals surface area (Å²) in [5.41, 5.74) is 4.36. The van der Waals surface area contributed by atoms with E-state index in [1.807, 2.05) is 0 Å². The van der Waals surface area contributed by atoms with Gasteiger partial charge in [-0.2, -0.15) is 0 Å². The molecule has 4 aliphatic rings. The van der Waals surface area contributed by atoms with Crippen LogP contribution in [0.3, 0.4) is 0 Å². The van der Waals surface area contributed by atoms with Gasteiger partial charge < -0.3 is 9.64 Å². The highest BCUT2D eigenvalue weighted by molar-refractivity contribution is 5.76. The smallest absolute Gasteiger partial charge is 0.311 e. The molecule has 2 aliphatic heterocycles. The molecule has 0 radical (unpaired) electrons. The largest absolute Gasteiger partial charge is 0.461 e. The van der Waals surface area contributed by atoms with E-state index >= 15 is 0 Å². The maximum atomic E-state index is 12.8. The fraction of sp³-hybridized carbons (Fsp3) is 0.560. The van der Waals surface area contributed by atoms with Gasteiger partial charge in [0.25, 0.3) is 0 Å². The SMILES string of the molecule is CC1=CCCC2(C)CC3OC(=O)C(CN4CCN(c5ccccc5)CC4)C3C=C12. The van der Waals surface area contributed by atoms with Gasteiger partial charge in [0.1, 0.15) is 6.10 Å². The number of anilines is 1. The number of piperazine rings is 1. The molecule has 154 valence electrons. The predicted octanol–water partition coefficient (Wildman–Crippen LogP) is 4.04. The summed E-state index contributed by atoms with van der Waals surface area (Å²) in [7, 11) is 0. The average molecular weight is 393 g/mol. The second-order valence-electron chi connectivity index (χ2n) is 9.55. The normalized spacial score (nSPS) is 34.8. The highest BCUT2D eigenvalue weighted by Crippen LogP contribution is 2.52. The summed E-state index contributed by atoms with van der Waals surface area (Å²) in [5.74, 6) is 0.237. The first kappa shape index (κ1) is 18.9. The van der Waals surface area contributed by atoms with E-state index in [1.165, 1.54) is 23.3 Å². The lowest BCUT2D eigenvalue weighted by Gasteiger charge is -2.43. The van der Waals surface area contributed by atoms with E-state index in [0.29, 0.717) is 0 Å². The van der Waals surface area contributed by atoms with Gasteiger partial charge >= 0.3 is 5.97 Å². The number of benzene rings is 1. The highest BCUT2D eigenvalue weighted by Gasteiger charge is 2.51. The Morgan fingerprint density at radius 3 is 2.66 bits per heavy atom. The van der Waals surface area contributed by atoms with Gasteiger partial charge in [-0.1, -0.05) is 42.8 Å². The molecule has 0 N–H and O–H groups in total. The van der Waals surface area contributed by atoms with Crippen LogP contribution in [0.25, 0.3) is 0 Å². The number of nitrogens with zero attached hydrogens (tertiary/aromatic N) is 2. The van der Waals surface area contributed by atoms with Crippen molar-refractivity contribution in [2.75, 3.05) is 37.6 Å². The molecular weight excluding hydrogens is 360 g/mol. The number of esters is 1. The Balaban J connectivity index is 1.28. The van der Waals surface area contributed by atoms with Crippen LogP contribution in [-0.4, -0.2) is 49.7 Å². The molecule has 2 heterocycles. The molecule has 4 nitrogen and oxygen atoms in total. The van der Waals surface area contributed by atoms with E-state index < -0.39 is 0 Å². The summed E-state index contributed by atoms with van der Waals surface area (Å²) < 4.78 is 5.92. The maximum Gasteiger partial charge on any atom is 0.311 e. The molecule has 4 unspecified atom stereocenters. The third kappa shape index (κ3) is 3.42. The topological polar surface area (TPSA) is 32.8 Å². The van der Waals surface area contributed by atoms with Crippen molar-refractivity contribution < 1.29 is 9.53 Å². The predicted molar refractivity (Wildman–Crippen MR) is 116 cm³/mol. The zero-order valence-electron chi connectivity index (χ0n) is 17.6. The van der Waals surface area contributed by atoms with Crippen molar-refractivity contribution in [1.29, 1.82) is 0 Å². The van der Waals surface area contributed by atoms with Gasteiger partial charge in [-0.3, -0.25) is 9.69 Å². The number of fused-ring (bicyclic) bond motifs is 2. The minimum Gasteiger partial charge on any atom is -0.461 e.